The molecule has 1 rings (SSSR count). The van der Waals surface area contributed by atoms with Crippen molar-refractivity contribution in [1.82, 2.24) is 0 Å². The Balaban J connectivity index is 3.08. The van der Waals surface area contributed by atoms with Crippen LogP contribution in [0.2, 0.25) is 0 Å². The quantitative estimate of drug-likeness (QED) is 0.638. The van der Waals surface area contributed by atoms with Crippen LogP contribution in [0.3, 0.4) is 0 Å². The number of aliphatic carboxylic acids is 1. The van der Waals surface area contributed by atoms with Gasteiger partial charge in [0.05, 0.1) is 4.92 Å². The number of nitro groups is 1. The number of likely N-dealkylation sites (N-methyl/N-ethyl adjacent to an activating group) is 1. The fourth-order valence-corrected chi connectivity index (χ4v) is 1.52. The first-order valence-electron chi connectivity index (χ1n) is 5.05. The first kappa shape index (κ1) is 13.0. The van der Waals surface area contributed by atoms with Crippen LogP contribution in [0.5, 0.6) is 0 Å². The molecule has 0 aliphatic rings. The van der Waals surface area contributed by atoms with E-state index >= 15 is 0 Å². The van der Waals surface area contributed by atoms with Gasteiger partial charge in [-0.2, -0.15) is 0 Å². The molecule has 1 aromatic carbocycles. The molecule has 1 N–H and O–H groups in total. The minimum absolute atomic E-state index is 0.00243. The van der Waals surface area contributed by atoms with Crippen molar-refractivity contribution in [3.63, 3.8) is 0 Å². The number of nitro benzene ring substituents is 1. The maximum Gasteiger partial charge on any atom is 0.326 e. The molecule has 0 heterocycles. The molecule has 1 unspecified atom stereocenters. The van der Waals surface area contributed by atoms with Crippen LogP contribution >= 0.6 is 0 Å². The molecule has 1 aromatic rings. The van der Waals surface area contributed by atoms with Gasteiger partial charge in [0.2, 0.25) is 0 Å². The van der Waals surface area contributed by atoms with E-state index in [1.165, 1.54) is 12.1 Å². The molecule has 0 bridgehead atoms. The van der Waals surface area contributed by atoms with Crippen molar-refractivity contribution in [3.05, 3.63) is 33.9 Å². The summed E-state index contributed by atoms with van der Waals surface area (Å²) in [7, 11) is 1.65. The summed E-state index contributed by atoms with van der Waals surface area (Å²) >= 11 is 0. The lowest BCUT2D eigenvalue weighted by Crippen LogP contribution is -2.36. The Labute approximate surface area is 98.6 Å². The van der Waals surface area contributed by atoms with Gasteiger partial charge in [-0.25, -0.2) is 4.79 Å². The number of benzene rings is 1. The monoisotopic (exact) mass is 238 g/mol. The van der Waals surface area contributed by atoms with Crippen molar-refractivity contribution in [2.24, 2.45) is 0 Å². The van der Waals surface area contributed by atoms with E-state index < -0.39 is 16.9 Å². The summed E-state index contributed by atoms with van der Waals surface area (Å²) in [6.45, 7) is 3.27. The van der Waals surface area contributed by atoms with Crippen LogP contribution in [-0.4, -0.2) is 29.1 Å². The van der Waals surface area contributed by atoms with Gasteiger partial charge in [0.1, 0.15) is 6.04 Å². The highest BCUT2D eigenvalue weighted by molar-refractivity contribution is 5.78. The van der Waals surface area contributed by atoms with E-state index in [-0.39, 0.29) is 5.69 Å². The van der Waals surface area contributed by atoms with Crippen LogP contribution in [0.25, 0.3) is 0 Å². The van der Waals surface area contributed by atoms with E-state index in [2.05, 4.69) is 0 Å². The van der Waals surface area contributed by atoms with Crippen molar-refractivity contribution in [2.75, 3.05) is 11.9 Å². The summed E-state index contributed by atoms with van der Waals surface area (Å²) in [5.41, 5.74) is 1.35. The summed E-state index contributed by atoms with van der Waals surface area (Å²) < 4.78 is 0. The predicted molar refractivity (Wildman–Crippen MR) is 63.3 cm³/mol. The molecule has 0 aliphatic carbocycles. The van der Waals surface area contributed by atoms with Crippen LogP contribution in [-0.2, 0) is 4.79 Å². The summed E-state index contributed by atoms with van der Waals surface area (Å²) in [5.74, 6) is -0.940. The molecule has 0 fully saturated rings. The van der Waals surface area contributed by atoms with Crippen molar-refractivity contribution < 1.29 is 14.8 Å². The Morgan fingerprint density at radius 2 is 2.12 bits per heavy atom. The molecule has 92 valence electrons. The highest BCUT2D eigenvalue weighted by Crippen LogP contribution is 2.25. The number of carboxylic acid groups (broad SMARTS) is 1. The molecule has 0 spiro atoms. The summed E-state index contributed by atoms with van der Waals surface area (Å²) in [4.78, 5) is 22.5. The minimum atomic E-state index is -0.940. The first-order chi connectivity index (χ1) is 7.84. The molecule has 17 heavy (non-hydrogen) atoms. The molecule has 0 aliphatic heterocycles. The third-order valence-corrected chi connectivity index (χ3v) is 2.71. The van der Waals surface area contributed by atoms with Gasteiger partial charge in [-0.3, -0.25) is 10.1 Å². The number of nitrogens with zero attached hydrogens (tertiary/aromatic N) is 2. The number of carboxylic acids is 1. The van der Waals surface area contributed by atoms with Gasteiger partial charge >= 0.3 is 5.97 Å². The van der Waals surface area contributed by atoms with Gasteiger partial charge in [0.25, 0.3) is 5.69 Å². The van der Waals surface area contributed by atoms with Crippen LogP contribution in [0.15, 0.2) is 18.2 Å². The summed E-state index contributed by atoms with van der Waals surface area (Å²) in [6, 6.07) is 3.68. The Kier molecular flexibility index (Phi) is 3.67. The SMILES string of the molecule is Cc1cc([N+](=O)[O-])ccc1N(C)C(C)C(=O)O. The number of anilines is 1. The number of rotatable bonds is 4. The van der Waals surface area contributed by atoms with E-state index in [0.29, 0.717) is 11.3 Å². The number of carbonyl (C=O) groups is 1. The Bertz CT molecular complexity index is 459. The maximum absolute atomic E-state index is 10.9. The first-order valence-corrected chi connectivity index (χ1v) is 5.05. The fourth-order valence-electron chi connectivity index (χ4n) is 1.52. The molecule has 6 heteroatoms. The summed E-state index contributed by atoms with van der Waals surface area (Å²) in [5, 5.41) is 19.5. The number of hydrogen-bond acceptors (Lipinski definition) is 4. The third-order valence-electron chi connectivity index (χ3n) is 2.71. The van der Waals surface area contributed by atoms with E-state index in [4.69, 9.17) is 5.11 Å². The highest BCUT2D eigenvalue weighted by Gasteiger charge is 2.19. The number of hydrogen-bond donors (Lipinski definition) is 1. The Hall–Kier alpha value is -2.11. The topological polar surface area (TPSA) is 83.7 Å². The second kappa shape index (κ2) is 4.82. The highest BCUT2D eigenvalue weighted by atomic mass is 16.6. The molecule has 6 nitrogen and oxygen atoms in total. The smallest absolute Gasteiger partial charge is 0.326 e. The minimum Gasteiger partial charge on any atom is -0.480 e. The van der Waals surface area contributed by atoms with E-state index in [1.807, 2.05) is 0 Å². The summed E-state index contributed by atoms with van der Waals surface area (Å²) in [6.07, 6.45) is 0. The maximum atomic E-state index is 10.9. The molecule has 0 saturated heterocycles. The van der Waals surface area contributed by atoms with Crippen molar-refractivity contribution in [3.8, 4) is 0 Å². The third kappa shape index (κ3) is 2.72. The Morgan fingerprint density at radius 1 is 1.53 bits per heavy atom. The standard InChI is InChI=1S/C11H14N2O4/c1-7-6-9(13(16)17)4-5-10(7)12(3)8(2)11(14)15/h4-6,8H,1-3H3,(H,14,15). The van der Waals surface area contributed by atoms with Gasteiger partial charge in [-0.15, -0.1) is 0 Å². The zero-order valence-corrected chi connectivity index (χ0v) is 9.88. The van der Waals surface area contributed by atoms with Gasteiger partial charge in [-0.05, 0) is 25.5 Å². The lowest BCUT2D eigenvalue weighted by molar-refractivity contribution is -0.384. The van der Waals surface area contributed by atoms with Crippen molar-refractivity contribution in [2.45, 2.75) is 19.9 Å². The normalized spacial score (nSPS) is 11.9. The van der Waals surface area contributed by atoms with Crippen LogP contribution in [0.4, 0.5) is 11.4 Å². The largest absolute Gasteiger partial charge is 0.480 e. The molecule has 0 saturated carbocycles. The molecule has 0 aromatic heterocycles. The molecular weight excluding hydrogens is 224 g/mol. The fraction of sp³-hybridized carbons (Fsp3) is 0.364. The lowest BCUT2D eigenvalue weighted by atomic mass is 10.1. The average molecular weight is 238 g/mol. The molecule has 1 atom stereocenters. The zero-order valence-electron chi connectivity index (χ0n) is 9.88. The van der Waals surface area contributed by atoms with E-state index in [1.54, 1.807) is 31.9 Å². The molecular formula is C11H14N2O4. The number of non-ortho nitro benzene ring substituents is 1. The van der Waals surface area contributed by atoms with Crippen LogP contribution in [0, 0.1) is 17.0 Å². The Morgan fingerprint density at radius 3 is 2.53 bits per heavy atom. The van der Waals surface area contributed by atoms with Gasteiger partial charge in [-0.1, -0.05) is 0 Å². The second-order valence-corrected chi connectivity index (χ2v) is 3.85. The number of aryl methyl sites for hydroxylation is 1. The molecule has 0 amide bonds. The van der Waals surface area contributed by atoms with E-state index in [0.717, 1.165) is 0 Å². The van der Waals surface area contributed by atoms with Gasteiger partial charge in [0.15, 0.2) is 0 Å². The van der Waals surface area contributed by atoms with Crippen LogP contribution < -0.4 is 4.90 Å². The van der Waals surface area contributed by atoms with Crippen molar-refractivity contribution >= 4 is 17.3 Å². The zero-order chi connectivity index (χ0) is 13.2. The van der Waals surface area contributed by atoms with Crippen LogP contribution in [0.1, 0.15) is 12.5 Å². The second-order valence-electron chi connectivity index (χ2n) is 3.85. The van der Waals surface area contributed by atoms with Gasteiger partial charge in [0, 0.05) is 24.9 Å². The van der Waals surface area contributed by atoms with Crippen molar-refractivity contribution in [1.29, 1.82) is 0 Å². The molecule has 0 radical (unpaired) electrons. The van der Waals surface area contributed by atoms with E-state index in [9.17, 15) is 14.9 Å². The lowest BCUT2D eigenvalue weighted by Gasteiger charge is -2.25. The predicted octanol–water partition coefficient (Wildman–Crippen LogP) is 1.81. The van der Waals surface area contributed by atoms with Gasteiger partial charge < -0.3 is 10.0 Å². The average Bonchev–Trinajstić information content (AvgIpc) is 2.26.